The van der Waals surface area contributed by atoms with E-state index in [1.807, 2.05) is 18.2 Å². The molecule has 1 aromatic heterocycles. The van der Waals surface area contributed by atoms with Crippen molar-refractivity contribution in [3.8, 4) is 11.8 Å². The summed E-state index contributed by atoms with van der Waals surface area (Å²) >= 11 is 0. The number of hydrogen-bond acceptors (Lipinski definition) is 7. The van der Waals surface area contributed by atoms with Crippen molar-refractivity contribution in [2.24, 2.45) is 0 Å². The molecule has 9 heteroatoms. The first-order chi connectivity index (χ1) is 16.9. The average molecular weight is 476 g/mol. The zero-order chi connectivity index (χ0) is 24.9. The lowest BCUT2D eigenvalue weighted by atomic mass is 10.0. The number of unbranched alkanes of at least 4 members (excludes halogenated alkanes) is 1. The van der Waals surface area contributed by atoms with Crippen LogP contribution in [0.25, 0.3) is 10.9 Å². The van der Waals surface area contributed by atoms with Gasteiger partial charge in [-0.25, -0.2) is 4.79 Å². The number of imide groups is 1. The second-order valence-corrected chi connectivity index (χ2v) is 8.18. The van der Waals surface area contributed by atoms with Crippen LogP contribution >= 0.6 is 0 Å². The van der Waals surface area contributed by atoms with Crippen LogP contribution < -0.4 is 5.48 Å². The fourth-order valence-corrected chi connectivity index (χ4v) is 4.15. The molecule has 0 spiro atoms. The van der Waals surface area contributed by atoms with E-state index in [1.165, 1.54) is 7.11 Å². The van der Waals surface area contributed by atoms with E-state index in [2.05, 4.69) is 16.8 Å². The van der Waals surface area contributed by atoms with Gasteiger partial charge in [-0.2, -0.15) is 5.48 Å². The molecule has 4 N–H and O–H groups in total. The van der Waals surface area contributed by atoms with Crippen molar-refractivity contribution in [2.45, 2.75) is 38.0 Å². The third kappa shape index (κ3) is 4.95. The second-order valence-electron chi connectivity index (χ2n) is 8.18. The highest BCUT2D eigenvalue weighted by Gasteiger charge is 2.43. The first kappa shape index (κ1) is 24.2. The minimum absolute atomic E-state index is 0.0844. The van der Waals surface area contributed by atoms with Gasteiger partial charge in [0.2, 0.25) is 0 Å². The summed E-state index contributed by atoms with van der Waals surface area (Å²) in [6, 6.07) is 11.0. The number of methoxy groups -OCH3 is 1. The maximum absolute atomic E-state index is 13.0. The van der Waals surface area contributed by atoms with Gasteiger partial charge in [0.1, 0.15) is 12.3 Å². The Bertz CT molecular complexity index is 1300. The fourth-order valence-electron chi connectivity index (χ4n) is 4.15. The summed E-state index contributed by atoms with van der Waals surface area (Å²) in [5.74, 6) is 4.40. The standard InChI is InChI=1S/C26H25N3O6/c1-35-26(33)22(29-24(31)18-8-5-6-9-19(18)25(29)32)14-17-15-27-21-12-11-16(13-20(17)21)7-3-2-4-10-23(30)28-34/h5-6,8-9,11-13,15,22-23,27-28,30,34H,2,4,10,14H2,1H3/t22-,23?/m0/s1. The summed E-state index contributed by atoms with van der Waals surface area (Å²) in [6.07, 6.45) is 2.39. The van der Waals surface area contributed by atoms with Gasteiger partial charge >= 0.3 is 5.97 Å². The number of nitrogens with zero attached hydrogens (tertiary/aromatic N) is 1. The number of hydroxylamine groups is 1. The molecule has 2 aromatic carbocycles. The van der Waals surface area contributed by atoms with Crippen LogP contribution in [0.1, 0.15) is 51.1 Å². The van der Waals surface area contributed by atoms with Crippen LogP contribution in [-0.2, 0) is 16.0 Å². The number of carbonyl (C=O) groups excluding carboxylic acids is 3. The molecule has 1 aliphatic heterocycles. The molecule has 0 aliphatic carbocycles. The van der Waals surface area contributed by atoms with E-state index in [4.69, 9.17) is 9.94 Å². The van der Waals surface area contributed by atoms with Crippen molar-refractivity contribution in [3.63, 3.8) is 0 Å². The van der Waals surface area contributed by atoms with Gasteiger partial charge in [-0.1, -0.05) is 24.0 Å². The topological polar surface area (TPSA) is 132 Å². The molecule has 0 fully saturated rings. The number of hydrogen-bond donors (Lipinski definition) is 4. The minimum atomic E-state index is -1.12. The number of rotatable bonds is 8. The largest absolute Gasteiger partial charge is 0.467 e. The van der Waals surface area contributed by atoms with Gasteiger partial charge in [0.25, 0.3) is 11.8 Å². The van der Waals surface area contributed by atoms with Crippen molar-refractivity contribution in [1.82, 2.24) is 15.4 Å². The van der Waals surface area contributed by atoms with E-state index in [1.54, 1.807) is 35.9 Å². The average Bonchev–Trinajstić information content (AvgIpc) is 3.39. The normalized spacial score (nSPS) is 14.4. The molecule has 1 aliphatic rings. The number of aromatic amines is 1. The summed E-state index contributed by atoms with van der Waals surface area (Å²) < 4.78 is 4.95. The summed E-state index contributed by atoms with van der Waals surface area (Å²) in [5.41, 5.74) is 4.65. The zero-order valence-corrected chi connectivity index (χ0v) is 19.1. The Kier molecular flexibility index (Phi) is 7.27. The molecule has 0 bridgehead atoms. The van der Waals surface area contributed by atoms with Gasteiger partial charge in [0, 0.05) is 35.5 Å². The first-order valence-electron chi connectivity index (χ1n) is 11.2. The first-order valence-corrected chi connectivity index (χ1v) is 11.2. The van der Waals surface area contributed by atoms with E-state index in [0.29, 0.717) is 19.3 Å². The van der Waals surface area contributed by atoms with Crippen molar-refractivity contribution < 1.29 is 29.4 Å². The molecule has 0 saturated heterocycles. The Hall–Kier alpha value is -3.97. The molecule has 0 radical (unpaired) electrons. The lowest BCUT2D eigenvalue weighted by molar-refractivity contribution is -0.145. The maximum Gasteiger partial charge on any atom is 0.329 e. The van der Waals surface area contributed by atoms with Crippen LogP contribution in [0.2, 0.25) is 0 Å². The third-order valence-electron chi connectivity index (χ3n) is 5.95. The highest BCUT2D eigenvalue weighted by molar-refractivity contribution is 6.22. The van der Waals surface area contributed by atoms with Crippen molar-refractivity contribution in [3.05, 3.63) is 70.9 Å². The molecule has 0 saturated carbocycles. The Morgan fingerprint density at radius 3 is 2.54 bits per heavy atom. The monoisotopic (exact) mass is 475 g/mol. The predicted molar refractivity (Wildman–Crippen MR) is 126 cm³/mol. The summed E-state index contributed by atoms with van der Waals surface area (Å²) in [7, 11) is 1.23. The number of amides is 2. The molecule has 1 unspecified atom stereocenters. The molecule has 3 aromatic rings. The van der Waals surface area contributed by atoms with Crippen LogP contribution in [0.15, 0.2) is 48.7 Å². The van der Waals surface area contributed by atoms with E-state index in [0.717, 1.165) is 26.9 Å². The summed E-state index contributed by atoms with van der Waals surface area (Å²) in [6.45, 7) is 0. The molecule has 9 nitrogen and oxygen atoms in total. The fraction of sp³-hybridized carbons (Fsp3) is 0.269. The minimum Gasteiger partial charge on any atom is -0.467 e. The van der Waals surface area contributed by atoms with Crippen LogP contribution in [0.5, 0.6) is 0 Å². The third-order valence-corrected chi connectivity index (χ3v) is 5.95. The van der Waals surface area contributed by atoms with Crippen LogP contribution in [0.4, 0.5) is 0 Å². The van der Waals surface area contributed by atoms with E-state index >= 15 is 0 Å². The predicted octanol–water partition coefficient (Wildman–Crippen LogP) is 2.37. The molecular formula is C26H25N3O6. The molecule has 35 heavy (non-hydrogen) atoms. The number of carbonyl (C=O) groups is 3. The summed E-state index contributed by atoms with van der Waals surface area (Å²) in [4.78, 5) is 42.8. The lowest BCUT2D eigenvalue weighted by Gasteiger charge is -2.23. The summed E-state index contributed by atoms with van der Waals surface area (Å²) in [5, 5.41) is 18.7. The molecule has 2 atom stereocenters. The van der Waals surface area contributed by atoms with Crippen molar-refractivity contribution in [2.75, 3.05) is 7.11 Å². The number of aromatic nitrogens is 1. The van der Waals surface area contributed by atoms with Crippen molar-refractivity contribution >= 4 is 28.7 Å². The van der Waals surface area contributed by atoms with Gasteiger partial charge in [0.15, 0.2) is 0 Å². The van der Waals surface area contributed by atoms with E-state index in [9.17, 15) is 19.5 Å². The SMILES string of the molecule is COC(=O)[C@H](Cc1c[nH]c2ccc(C#CCCCC(O)NO)cc12)N1C(=O)c2ccccc2C1=O. The number of ether oxygens (including phenoxy) is 1. The number of nitrogens with one attached hydrogen (secondary N) is 2. The lowest BCUT2D eigenvalue weighted by Crippen LogP contribution is -2.46. The smallest absolute Gasteiger partial charge is 0.329 e. The van der Waals surface area contributed by atoms with Crippen LogP contribution in [0, 0.1) is 11.8 Å². The van der Waals surface area contributed by atoms with Gasteiger partial charge < -0.3 is 20.0 Å². The number of aliphatic hydroxyl groups excluding tert-OH is 1. The highest BCUT2D eigenvalue weighted by Crippen LogP contribution is 2.28. The van der Waals surface area contributed by atoms with Gasteiger partial charge in [-0.05, 0) is 48.7 Å². The second kappa shape index (κ2) is 10.5. The quantitative estimate of drug-likeness (QED) is 0.0982. The Morgan fingerprint density at radius 2 is 1.89 bits per heavy atom. The van der Waals surface area contributed by atoms with Gasteiger partial charge in [-0.3, -0.25) is 14.5 Å². The van der Waals surface area contributed by atoms with Crippen LogP contribution in [0.3, 0.4) is 0 Å². The number of fused-ring (bicyclic) bond motifs is 2. The number of H-pyrrole nitrogens is 1. The van der Waals surface area contributed by atoms with E-state index < -0.39 is 30.1 Å². The number of aliphatic hydroxyl groups is 1. The molecule has 2 heterocycles. The Balaban J connectivity index is 1.57. The zero-order valence-electron chi connectivity index (χ0n) is 19.1. The number of benzene rings is 2. The molecule has 180 valence electrons. The van der Waals surface area contributed by atoms with Crippen molar-refractivity contribution in [1.29, 1.82) is 0 Å². The Labute approximate surface area is 201 Å². The molecular weight excluding hydrogens is 450 g/mol. The van der Waals surface area contributed by atoms with Gasteiger partial charge in [-0.15, -0.1) is 0 Å². The van der Waals surface area contributed by atoms with Crippen LogP contribution in [-0.4, -0.2) is 57.4 Å². The molecule has 4 rings (SSSR count). The highest BCUT2D eigenvalue weighted by atomic mass is 16.5. The molecule has 2 amide bonds. The number of esters is 1. The Morgan fingerprint density at radius 1 is 1.17 bits per heavy atom. The maximum atomic E-state index is 13.0. The van der Waals surface area contributed by atoms with Gasteiger partial charge in [0.05, 0.1) is 18.2 Å². The van der Waals surface area contributed by atoms with E-state index in [-0.39, 0.29) is 17.5 Å².